The van der Waals surface area contributed by atoms with Crippen LogP contribution in [0.25, 0.3) is 17.0 Å². The number of carbonyl (C=O) groups is 1. The van der Waals surface area contributed by atoms with Crippen molar-refractivity contribution in [3.63, 3.8) is 0 Å². The molecule has 1 amide bonds. The van der Waals surface area contributed by atoms with Crippen LogP contribution in [-0.2, 0) is 0 Å². The SMILES string of the molecule is Cc1cc(=O)[nH]c(-c2cccc(NC(=O)c3cn4cccc(C)c4n3)c2)n1. The molecule has 7 nitrogen and oxygen atoms in total. The van der Waals surface area contributed by atoms with Gasteiger partial charge in [0, 0.05) is 35.4 Å². The number of hydrogen-bond donors (Lipinski definition) is 2. The minimum absolute atomic E-state index is 0.216. The van der Waals surface area contributed by atoms with Crippen LogP contribution in [0.5, 0.6) is 0 Å². The molecule has 4 aromatic rings. The highest BCUT2D eigenvalue weighted by Crippen LogP contribution is 2.19. The normalized spacial score (nSPS) is 10.9. The summed E-state index contributed by atoms with van der Waals surface area (Å²) >= 11 is 0. The lowest BCUT2D eigenvalue weighted by molar-refractivity contribution is 0.102. The first-order chi connectivity index (χ1) is 13.0. The molecule has 0 aliphatic rings. The van der Waals surface area contributed by atoms with E-state index in [1.807, 2.05) is 35.7 Å². The molecule has 4 rings (SSSR count). The Balaban J connectivity index is 1.63. The molecule has 27 heavy (non-hydrogen) atoms. The number of aryl methyl sites for hydroxylation is 2. The molecule has 3 heterocycles. The maximum atomic E-state index is 12.6. The van der Waals surface area contributed by atoms with Gasteiger partial charge in [-0.2, -0.15) is 0 Å². The summed E-state index contributed by atoms with van der Waals surface area (Å²) < 4.78 is 1.82. The molecule has 0 spiro atoms. The summed E-state index contributed by atoms with van der Waals surface area (Å²) in [6.45, 7) is 3.71. The van der Waals surface area contributed by atoms with Gasteiger partial charge >= 0.3 is 0 Å². The van der Waals surface area contributed by atoms with Crippen LogP contribution < -0.4 is 10.9 Å². The van der Waals surface area contributed by atoms with E-state index < -0.39 is 0 Å². The second-order valence-corrected chi connectivity index (χ2v) is 6.32. The first-order valence-corrected chi connectivity index (χ1v) is 8.44. The van der Waals surface area contributed by atoms with Gasteiger partial charge in [-0.1, -0.05) is 18.2 Å². The van der Waals surface area contributed by atoms with Crippen molar-refractivity contribution in [2.75, 3.05) is 5.32 Å². The van der Waals surface area contributed by atoms with Gasteiger partial charge in [-0.15, -0.1) is 0 Å². The highest BCUT2D eigenvalue weighted by atomic mass is 16.2. The molecule has 0 atom stereocenters. The van der Waals surface area contributed by atoms with E-state index in [9.17, 15) is 9.59 Å². The van der Waals surface area contributed by atoms with Gasteiger partial charge in [0.1, 0.15) is 17.2 Å². The Kier molecular flexibility index (Phi) is 4.04. The van der Waals surface area contributed by atoms with Crippen molar-refractivity contribution in [3.8, 4) is 11.4 Å². The Bertz CT molecular complexity index is 1220. The molecule has 0 fully saturated rings. The number of aromatic nitrogens is 4. The van der Waals surface area contributed by atoms with Gasteiger partial charge in [0.25, 0.3) is 11.5 Å². The molecule has 0 aliphatic carbocycles. The second kappa shape index (κ2) is 6.53. The van der Waals surface area contributed by atoms with Crippen molar-refractivity contribution in [1.82, 2.24) is 19.4 Å². The Hall–Kier alpha value is -3.74. The smallest absolute Gasteiger partial charge is 0.275 e. The third-order valence-corrected chi connectivity index (χ3v) is 4.17. The van der Waals surface area contributed by atoms with Crippen molar-refractivity contribution in [1.29, 1.82) is 0 Å². The zero-order chi connectivity index (χ0) is 19.0. The number of carbonyl (C=O) groups excluding carboxylic acids is 1. The van der Waals surface area contributed by atoms with Gasteiger partial charge in [-0.25, -0.2) is 9.97 Å². The molecule has 7 heteroatoms. The van der Waals surface area contributed by atoms with Crippen LogP contribution in [-0.4, -0.2) is 25.3 Å². The van der Waals surface area contributed by atoms with Crippen molar-refractivity contribution in [3.05, 3.63) is 82.2 Å². The van der Waals surface area contributed by atoms with E-state index in [4.69, 9.17) is 0 Å². The fourth-order valence-corrected chi connectivity index (χ4v) is 2.92. The summed E-state index contributed by atoms with van der Waals surface area (Å²) in [5, 5.41) is 2.84. The van der Waals surface area contributed by atoms with Crippen molar-refractivity contribution < 1.29 is 4.79 Å². The second-order valence-electron chi connectivity index (χ2n) is 6.32. The summed E-state index contributed by atoms with van der Waals surface area (Å²) in [6, 6.07) is 12.4. The average Bonchev–Trinajstić information content (AvgIpc) is 3.07. The van der Waals surface area contributed by atoms with Crippen molar-refractivity contribution >= 4 is 17.2 Å². The molecule has 3 aromatic heterocycles. The highest BCUT2D eigenvalue weighted by Gasteiger charge is 2.13. The van der Waals surface area contributed by atoms with E-state index in [-0.39, 0.29) is 11.5 Å². The van der Waals surface area contributed by atoms with E-state index in [0.29, 0.717) is 28.5 Å². The molecular weight excluding hydrogens is 342 g/mol. The maximum absolute atomic E-state index is 12.6. The monoisotopic (exact) mass is 359 g/mol. The minimum Gasteiger partial charge on any atom is -0.321 e. The number of amides is 1. The van der Waals surface area contributed by atoms with Crippen LogP contribution in [0.1, 0.15) is 21.7 Å². The molecule has 0 bridgehead atoms. The molecular formula is C20H17N5O2. The van der Waals surface area contributed by atoms with Crippen molar-refractivity contribution in [2.45, 2.75) is 13.8 Å². The topological polar surface area (TPSA) is 92.2 Å². The summed E-state index contributed by atoms with van der Waals surface area (Å²) in [4.78, 5) is 35.7. The van der Waals surface area contributed by atoms with E-state index in [0.717, 1.165) is 11.2 Å². The largest absolute Gasteiger partial charge is 0.321 e. The van der Waals surface area contributed by atoms with Gasteiger partial charge in [0.2, 0.25) is 0 Å². The van der Waals surface area contributed by atoms with Crippen molar-refractivity contribution in [2.24, 2.45) is 0 Å². The van der Waals surface area contributed by atoms with Crippen LogP contribution in [0.2, 0.25) is 0 Å². The summed E-state index contributed by atoms with van der Waals surface area (Å²) in [6.07, 6.45) is 3.55. The number of pyridine rings is 1. The molecule has 0 radical (unpaired) electrons. The van der Waals surface area contributed by atoms with Gasteiger partial charge in [0.15, 0.2) is 0 Å². The zero-order valence-corrected chi connectivity index (χ0v) is 14.9. The molecule has 1 aromatic carbocycles. The fourth-order valence-electron chi connectivity index (χ4n) is 2.92. The number of benzene rings is 1. The first-order valence-electron chi connectivity index (χ1n) is 8.44. The predicted octanol–water partition coefficient (Wildman–Crippen LogP) is 2.95. The minimum atomic E-state index is -0.305. The number of H-pyrrole nitrogens is 1. The number of rotatable bonds is 3. The Morgan fingerprint density at radius 2 is 1.96 bits per heavy atom. The number of aromatic amines is 1. The lowest BCUT2D eigenvalue weighted by Gasteiger charge is -2.06. The Morgan fingerprint density at radius 3 is 2.74 bits per heavy atom. The average molecular weight is 359 g/mol. The predicted molar refractivity (Wildman–Crippen MR) is 103 cm³/mol. The van der Waals surface area contributed by atoms with Crippen LogP contribution in [0, 0.1) is 13.8 Å². The van der Waals surface area contributed by atoms with Crippen LogP contribution in [0.3, 0.4) is 0 Å². The fraction of sp³-hybridized carbons (Fsp3) is 0.100. The molecule has 2 N–H and O–H groups in total. The number of fused-ring (bicyclic) bond motifs is 1. The molecule has 134 valence electrons. The quantitative estimate of drug-likeness (QED) is 0.588. The molecule has 0 aliphatic heterocycles. The zero-order valence-electron chi connectivity index (χ0n) is 14.9. The summed E-state index contributed by atoms with van der Waals surface area (Å²) in [7, 11) is 0. The van der Waals surface area contributed by atoms with E-state index in [1.165, 1.54) is 6.07 Å². The third-order valence-electron chi connectivity index (χ3n) is 4.17. The van der Waals surface area contributed by atoms with Gasteiger partial charge in [0.05, 0.1) is 0 Å². The van der Waals surface area contributed by atoms with E-state index in [1.54, 1.807) is 31.3 Å². The van der Waals surface area contributed by atoms with Gasteiger partial charge in [-0.3, -0.25) is 9.59 Å². The first kappa shape index (κ1) is 16.7. The molecule has 0 unspecified atom stereocenters. The van der Waals surface area contributed by atoms with Crippen LogP contribution in [0.15, 0.2) is 59.7 Å². The molecule has 0 saturated heterocycles. The van der Waals surface area contributed by atoms with Gasteiger partial charge in [-0.05, 0) is 37.6 Å². The van der Waals surface area contributed by atoms with Crippen LogP contribution >= 0.6 is 0 Å². The Morgan fingerprint density at radius 1 is 1.11 bits per heavy atom. The van der Waals surface area contributed by atoms with Crippen LogP contribution in [0.4, 0.5) is 5.69 Å². The number of imidazole rings is 1. The lowest BCUT2D eigenvalue weighted by Crippen LogP contribution is -2.12. The summed E-state index contributed by atoms with van der Waals surface area (Å²) in [5.41, 5.74) is 3.79. The number of nitrogens with one attached hydrogen (secondary N) is 2. The lowest BCUT2D eigenvalue weighted by atomic mass is 10.2. The molecule has 0 saturated carbocycles. The highest BCUT2D eigenvalue weighted by molar-refractivity contribution is 6.03. The Labute approximate surface area is 154 Å². The van der Waals surface area contributed by atoms with E-state index >= 15 is 0 Å². The standard InChI is InChI=1S/C20H17N5O2/c1-12-5-4-8-25-11-16(23-19(12)25)20(27)22-15-7-3-6-14(10-15)18-21-13(2)9-17(26)24-18/h3-11H,1-2H3,(H,22,27)(H,21,24,26). The van der Waals surface area contributed by atoms with E-state index in [2.05, 4.69) is 20.3 Å². The van der Waals surface area contributed by atoms with Gasteiger partial charge < -0.3 is 14.7 Å². The number of anilines is 1. The number of hydrogen-bond acceptors (Lipinski definition) is 4. The third kappa shape index (κ3) is 3.35. The number of nitrogens with zero attached hydrogens (tertiary/aromatic N) is 3. The summed E-state index contributed by atoms with van der Waals surface area (Å²) in [5.74, 6) is 0.153. The maximum Gasteiger partial charge on any atom is 0.275 e.